The highest BCUT2D eigenvalue weighted by atomic mass is 16.5. The second-order valence-electron chi connectivity index (χ2n) is 15.2. The highest BCUT2D eigenvalue weighted by Crippen LogP contribution is 2.33. The summed E-state index contributed by atoms with van der Waals surface area (Å²) >= 11 is 0. The lowest BCUT2D eigenvalue weighted by Crippen LogP contribution is -2.48. The van der Waals surface area contributed by atoms with Gasteiger partial charge in [0.05, 0.1) is 0 Å². The number of amides is 1. The third kappa shape index (κ3) is 20.8. The fourth-order valence-corrected chi connectivity index (χ4v) is 7.28. The normalized spacial score (nSPS) is 17.1. The van der Waals surface area contributed by atoms with Gasteiger partial charge in [0.25, 0.3) is 0 Å². The van der Waals surface area contributed by atoms with Crippen LogP contribution in [-0.4, -0.2) is 73.6 Å². The molecule has 0 bridgehead atoms. The molecule has 7 nitrogen and oxygen atoms in total. The average Bonchev–Trinajstić information content (AvgIpc) is 3.08. The number of piperidine rings is 1. The van der Waals surface area contributed by atoms with E-state index in [1.54, 1.807) is 0 Å². The third-order valence-electron chi connectivity index (χ3n) is 10.8. The van der Waals surface area contributed by atoms with Crippen molar-refractivity contribution in [3.63, 3.8) is 0 Å². The Hall–Kier alpha value is -1.63. The topological polar surface area (TPSA) is 76.1 Å². The molecule has 2 heterocycles. The maximum atomic E-state index is 13.2. The number of ether oxygens (including phenoxy) is 2. The molecule has 0 saturated carbocycles. The molecule has 2 aliphatic rings. The summed E-state index contributed by atoms with van der Waals surface area (Å²) in [7, 11) is 0. The molecule has 0 aromatic carbocycles. The molecular formula is C41H76N2O5. The lowest BCUT2D eigenvalue weighted by molar-refractivity contribution is -0.158. The van der Waals surface area contributed by atoms with Crippen LogP contribution in [0.5, 0.6) is 0 Å². The van der Waals surface area contributed by atoms with Gasteiger partial charge in [-0.1, -0.05) is 136 Å². The fraction of sp³-hybridized carbons (Fsp3) is 0.927. The number of carbonyl (C=O) groups is 3. The standard InChI is InChI=1S/C41H76N2O5/c1-3-5-7-9-11-13-15-18-22-26-39(45)47-36-41(37-48-40(46)27-23-19-16-14-12-10-8-6-4-2)29-34-43(35-30-41)38(44)28-33-42-31-24-20-17-21-25-32-42/h3-37H2,1-2H3. The van der Waals surface area contributed by atoms with Crippen molar-refractivity contribution in [1.29, 1.82) is 0 Å². The second kappa shape index (κ2) is 28.1. The molecule has 48 heavy (non-hydrogen) atoms. The molecule has 0 aromatic heterocycles. The van der Waals surface area contributed by atoms with E-state index in [1.165, 1.54) is 122 Å². The predicted octanol–water partition coefficient (Wildman–Crippen LogP) is 10.2. The number of hydrogen-bond acceptors (Lipinski definition) is 6. The summed E-state index contributed by atoms with van der Waals surface area (Å²) in [5, 5.41) is 0. The molecule has 2 aliphatic heterocycles. The van der Waals surface area contributed by atoms with Crippen LogP contribution < -0.4 is 0 Å². The number of carbonyl (C=O) groups excluding carboxylic acids is 3. The maximum absolute atomic E-state index is 13.2. The zero-order valence-corrected chi connectivity index (χ0v) is 31.7. The van der Waals surface area contributed by atoms with E-state index < -0.39 is 5.41 Å². The Kier molecular flexibility index (Phi) is 24.9. The van der Waals surface area contributed by atoms with Crippen LogP contribution in [0.15, 0.2) is 0 Å². The molecule has 1 amide bonds. The van der Waals surface area contributed by atoms with Crippen molar-refractivity contribution < 1.29 is 23.9 Å². The van der Waals surface area contributed by atoms with Gasteiger partial charge in [0, 0.05) is 44.3 Å². The van der Waals surface area contributed by atoms with Gasteiger partial charge in [0.1, 0.15) is 13.2 Å². The summed E-state index contributed by atoms with van der Waals surface area (Å²) in [4.78, 5) is 43.1. The largest absolute Gasteiger partial charge is 0.465 e. The van der Waals surface area contributed by atoms with E-state index in [2.05, 4.69) is 18.7 Å². The first kappa shape index (κ1) is 42.5. The van der Waals surface area contributed by atoms with Crippen LogP contribution >= 0.6 is 0 Å². The number of nitrogens with zero attached hydrogens (tertiary/aromatic N) is 2. The summed E-state index contributed by atoms with van der Waals surface area (Å²) < 4.78 is 11.7. The van der Waals surface area contributed by atoms with Crippen LogP contribution in [0.25, 0.3) is 0 Å². The Morgan fingerprint density at radius 1 is 0.500 bits per heavy atom. The van der Waals surface area contributed by atoms with E-state index >= 15 is 0 Å². The van der Waals surface area contributed by atoms with E-state index in [9.17, 15) is 14.4 Å². The van der Waals surface area contributed by atoms with Crippen molar-refractivity contribution in [3.05, 3.63) is 0 Å². The summed E-state index contributed by atoms with van der Waals surface area (Å²) in [5.41, 5.74) is -0.415. The minimum atomic E-state index is -0.415. The van der Waals surface area contributed by atoms with Crippen molar-refractivity contribution in [2.45, 2.75) is 194 Å². The molecule has 0 unspecified atom stereocenters. The van der Waals surface area contributed by atoms with E-state index in [1.807, 2.05) is 4.90 Å². The average molecular weight is 677 g/mol. The van der Waals surface area contributed by atoms with Crippen molar-refractivity contribution >= 4 is 17.8 Å². The summed E-state index contributed by atoms with van der Waals surface area (Å²) in [6.45, 7) is 9.33. The highest BCUT2D eigenvalue weighted by Gasteiger charge is 2.38. The Bertz CT molecular complexity index is 778. The Labute approximate surface area is 296 Å². The van der Waals surface area contributed by atoms with Gasteiger partial charge in [-0.25, -0.2) is 0 Å². The third-order valence-corrected chi connectivity index (χ3v) is 10.8. The summed E-state index contributed by atoms with van der Waals surface area (Å²) in [6, 6.07) is 0. The molecule has 2 rings (SSSR count). The summed E-state index contributed by atoms with van der Waals surface area (Å²) in [6.07, 6.45) is 31.1. The molecule has 0 spiro atoms. The predicted molar refractivity (Wildman–Crippen MR) is 198 cm³/mol. The minimum Gasteiger partial charge on any atom is -0.465 e. The molecule has 0 radical (unpaired) electrons. The van der Waals surface area contributed by atoms with Gasteiger partial charge in [-0.15, -0.1) is 0 Å². The van der Waals surface area contributed by atoms with E-state index in [4.69, 9.17) is 9.47 Å². The van der Waals surface area contributed by atoms with Gasteiger partial charge < -0.3 is 19.3 Å². The van der Waals surface area contributed by atoms with E-state index in [0.29, 0.717) is 45.2 Å². The first-order chi connectivity index (χ1) is 23.5. The van der Waals surface area contributed by atoms with Crippen LogP contribution in [0.3, 0.4) is 0 Å². The zero-order valence-electron chi connectivity index (χ0n) is 31.7. The molecule has 0 N–H and O–H groups in total. The first-order valence-corrected chi connectivity index (χ1v) is 20.8. The van der Waals surface area contributed by atoms with Crippen LogP contribution in [0.1, 0.15) is 194 Å². The van der Waals surface area contributed by atoms with Crippen molar-refractivity contribution in [3.8, 4) is 0 Å². The van der Waals surface area contributed by atoms with Crippen LogP contribution in [0.2, 0.25) is 0 Å². The minimum absolute atomic E-state index is 0.148. The van der Waals surface area contributed by atoms with Crippen LogP contribution in [-0.2, 0) is 23.9 Å². The van der Waals surface area contributed by atoms with Gasteiger partial charge >= 0.3 is 11.9 Å². The number of hydrogen-bond donors (Lipinski definition) is 0. The Balaban J connectivity index is 1.76. The zero-order chi connectivity index (χ0) is 34.5. The Morgan fingerprint density at radius 3 is 1.33 bits per heavy atom. The maximum Gasteiger partial charge on any atom is 0.305 e. The van der Waals surface area contributed by atoms with Crippen molar-refractivity contribution in [1.82, 2.24) is 9.80 Å². The highest BCUT2D eigenvalue weighted by molar-refractivity contribution is 5.76. The smallest absolute Gasteiger partial charge is 0.305 e. The second-order valence-corrected chi connectivity index (χ2v) is 15.2. The Morgan fingerprint density at radius 2 is 0.896 bits per heavy atom. The van der Waals surface area contributed by atoms with Gasteiger partial charge in [0.2, 0.25) is 5.91 Å². The lowest BCUT2D eigenvalue weighted by Gasteiger charge is -2.41. The number of rotatable bonds is 27. The molecule has 7 heteroatoms. The van der Waals surface area contributed by atoms with Gasteiger partial charge in [-0.2, -0.15) is 0 Å². The molecule has 280 valence electrons. The van der Waals surface area contributed by atoms with Crippen LogP contribution in [0, 0.1) is 5.41 Å². The first-order valence-electron chi connectivity index (χ1n) is 20.8. The molecule has 2 fully saturated rings. The van der Waals surface area contributed by atoms with E-state index in [-0.39, 0.29) is 31.1 Å². The molecule has 0 atom stereocenters. The van der Waals surface area contributed by atoms with Crippen molar-refractivity contribution in [2.24, 2.45) is 5.41 Å². The van der Waals surface area contributed by atoms with Crippen LogP contribution in [0.4, 0.5) is 0 Å². The van der Waals surface area contributed by atoms with Gasteiger partial charge in [0.15, 0.2) is 0 Å². The molecule has 0 aromatic rings. The summed E-state index contributed by atoms with van der Waals surface area (Å²) in [5.74, 6) is -0.0782. The lowest BCUT2D eigenvalue weighted by atomic mass is 9.79. The molecule has 2 saturated heterocycles. The van der Waals surface area contributed by atoms with E-state index in [0.717, 1.165) is 45.3 Å². The number of likely N-dealkylation sites (tertiary alicyclic amines) is 2. The number of unbranched alkanes of at least 4 members (excludes halogenated alkanes) is 16. The SMILES string of the molecule is CCCCCCCCCCCC(=O)OCC1(COC(=O)CCCCCCCCCCC)CCN(C(=O)CCN2CCCCCCC2)CC1. The van der Waals surface area contributed by atoms with Crippen molar-refractivity contribution in [2.75, 3.05) is 45.9 Å². The number of esters is 2. The van der Waals surface area contributed by atoms with Gasteiger partial charge in [-0.05, 0) is 51.6 Å². The molecule has 0 aliphatic carbocycles. The quantitative estimate of drug-likeness (QED) is 0.0637. The van der Waals surface area contributed by atoms with Gasteiger partial charge in [-0.3, -0.25) is 14.4 Å². The molecular weight excluding hydrogens is 600 g/mol. The monoisotopic (exact) mass is 677 g/mol. The fourth-order valence-electron chi connectivity index (χ4n) is 7.28.